The molecule has 0 amide bonds. The third-order valence-electron chi connectivity index (χ3n) is 3.35. The van der Waals surface area contributed by atoms with Gasteiger partial charge in [0.05, 0.1) is 12.5 Å². The zero-order chi connectivity index (χ0) is 12.7. The number of benzene rings is 1. The summed E-state index contributed by atoms with van der Waals surface area (Å²) in [6, 6.07) is 10.1. The number of rotatable bonds is 6. The van der Waals surface area contributed by atoms with E-state index in [1.54, 1.807) is 0 Å². The van der Waals surface area contributed by atoms with Crippen molar-refractivity contribution in [2.45, 2.75) is 33.6 Å². The second-order valence-electron chi connectivity index (χ2n) is 4.58. The van der Waals surface area contributed by atoms with Crippen LogP contribution in [-0.4, -0.2) is 12.6 Å². The molecule has 1 aromatic rings. The Balaban J connectivity index is 2.29. The number of hydrogen-bond acceptors (Lipinski definition) is 2. The molecule has 0 bridgehead atoms. The fourth-order valence-corrected chi connectivity index (χ4v) is 1.63. The molecule has 0 heterocycles. The molecule has 2 heteroatoms. The van der Waals surface area contributed by atoms with Crippen molar-refractivity contribution < 1.29 is 9.53 Å². The molecule has 0 fully saturated rings. The van der Waals surface area contributed by atoms with Gasteiger partial charge in [0.15, 0.2) is 0 Å². The third kappa shape index (κ3) is 4.59. The number of carbonyl (C=O) groups excluding carboxylic acids is 1. The minimum Gasteiger partial charge on any atom is -0.465 e. The molecular formula is C15H22O2. The van der Waals surface area contributed by atoms with Gasteiger partial charge < -0.3 is 4.74 Å². The summed E-state index contributed by atoms with van der Waals surface area (Å²) in [4.78, 5) is 11.7. The molecule has 1 rings (SSSR count). The molecule has 0 N–H and O–H groups in total. The molecule has 0 aromatic heterocycles. The Bertz CT molecular complexity index is 332. The molecule has 1 aromatic carbocycles. The quantitative estimate of drug-likeness (QED) is 0.705. The van der Waals surface area contributed by atoms with Crippen molar-refractivity contribution in [2.24, 2.45) is 11.8 Å². The highest BCUT2D eigenvalue weighted by molar-refractivity contribution is 5.72. The summed E-state index contributed by atoms with van der Waals surface area (Å²) in [6.07, 6.45) is 1.80. The van der Waals surface area contributed by atoms with Crippen LogP contribution in [0.1, 0.15) is 32.8 Å². The van der Waals surface area contributed by atoms with Crippen molar-refractivity contribution in [2.75, 3.05) is 6.61 Å². The van der Waals surface area contributed by atoms with Gasteiger partial charge in [-0.2, -0.15) is 0 Å². The Hall–Kier alpha value is -1.31. The molecule has 2 atom stereocenters. The van der Waals surface area contributed by atoms with E-state index in [-0.39, 0.29) is 11.9 Å². The molecule has 0 spiro atoms. The van der Waals surface area contributed by atoms with Crippen LogP contribution in [0.4, 0.5) is 0 Å². The van der Waals surface area contributed by atoms with E-state index < -0.39 is 0 Å². The minimum absolute atomic E-state index is 0.00391. The van der Waals surface area contributed by atoms with Gasteiger partial charge >= 0.3 is 5.97 Å². The first-order valence-corrected chi connectivity index (χ1v) is 6.35. The summed E-state index contributed by atoms with van der Waals surface area (Å²) in [5.41, 5.74) is 1.21. The Morgan fingerprint density at radius 1 is 1.24 bits per heavy atom. The molecule has 0 saturated heterocycles. The first-order valence-electron chi connectivity index (χ1n) is 6.35. The van der Waals surface area contributed by atoms with Crippen molar-refractivity contribution in [1.82, 2.24) is 0 Å². The monoisotopic (exact) mass is 234 g/mol. The maximum Gasteiger partial charge on any atom is 0.308 e. The lowest BCUT2D eigenvalue weighted by Gasteiger charge is -2.16. The van der Waals surface area contributed by atoms with Gasteiger partial charge in [0, 0.05) is 6.42 Å². The van der Waals surface area contributed by atoms with Crippen LogP contribution < -0.4 is 0 Å². The lowest BCUT2D eigenvalue weighted by atomic mass is 9.94. The first-order chi connectivity index (χ1) is 8.15. The van der Waals surface area contributed by atoms with E-state index in [1.165, 1.54) is 5.56 Å². The molecule has 2 unspecified atom stereocenters. The lowest BCUT2D eigenvalue weighted by Crippen LogP contribution is -2.21. The normalized spacial score (nSPS) is 14.1. The average molecular weight is 234 g/mol. The van der Waals surface area contributed by atoms with Crippen LogP contribution in [0.5, 0.6) is 0 Å². The first kappa shape index (κ1) is 13.8. The second-order valence-corrected chi connectivity index (χ2v) is 4.58. The Kier molecular flexibility index (Phi) is 5.75. The smallest absolute Gasteiger partial charge is 0.308 e. The molecule has 0 radical (unpaired) electrons. The van der Waals surface area contributed by atoms with Gasteiger partial charge in [-0.05, 0) is 11.5 Å². The van der Waals surface area contributed by atoms with E-state index in [2.05, 4.69) is 13.8 Å². The third-order valence-corrected chi connectivity index (χ3v) is 3.35. The highest BCUT2D eigenvalue weighted by Gasteiger charge is 2.19. The summed E-state index contributed by atoms with van der Waals surface area (Å²) in [5.74, 6) is 0.310. The van der Waals surface area contributed by atoms with Crippen molar-refractivity contribution >= 4 is 5.97 Å². The van der Waals surface area contributed by atoms with Crippen LogP contribution >= 0.6 is 0 Å². The summed E-state index contributed by atoms with van der Waals surface area (Å²) < 4.78 is 5.29. The fourth-order valence-electron chi connectivity index (χ4n) is 1.63. The van der Waals surface area contributed by atoms with Crippen molar-refractivity contribution in [1.29, 1.82) is 0 Å². The van der Waals surface area contributed by atoms with E-state index in [0.29, 0.717) is 12.5 Å². The predicted molar refractivity (Wildman–Crippen MR) is 69.7 cm³/mol. The average Bonchev–Trinajstić information content (AvgIpc) is 2.38. The van der Waals surface area contributed by atoms with Crippen LogP contribution in [0.25, 0.3) is 0 Å². The van der Waals surface area contributed by atoms with Crippen LogP contribution in [0, 0.1) is 11.8 Å². The van der Waals surface area contributed by atoms with Crippen LogP contribution in [0.2, 0.25) is 0 Å². The van der Waals surface area contributed by atoms with Crippen molar-refractivity contribution in [3.63, 3.8) is 0 Å². The van der Waals surface area contributed by atoms with Crippen molar-refractivity contribution in [3.8, 4) is 0 Å². The topological polar surface area (TPSA) is 26.3 Å². The number of ether oxygens (including phenoxy) is 1. The molecule has 0 aliphatic rings. The number of esters is 1. The van der Waals surface area contributed by atoms with E-state index in [4.69, 9.17) is 4.74 Å². The highest BCUT2D eigenvalue weighted by Crippen LogP contribution is 2.16. The molecule has 2 nitrogen and oxygen atoms in total. The molecule has 0 aliphatic carbocycles. The highest BCUT2D eigenvalue weighted by atomic mass is 16.5. The van der Waals surface area contributed by atoms with Crippen LogP contribution in [0.15, 0.2) is 30.3 Å². The minimum atomic E-state index is -0.0738. The number of hydrogen-bond donors (Lipinski definition) is 0. The van der Waals surface area contributed by atoms with Gasteiger partial charge in [-0.15, -0.1) is 0 Å². The van der Waals surface area contributed by atoms with Gasteiger partial charge in [0.2, 0.25) is 0 Å². The largest absolute Gasteiger partial charge is 0.465 e. The second kappa shape index (κ2) is 7.10. The van der Waals surface area contributed by atoms with E-state index >= 15 is 0 Å². The zero-order valence-corrected chi connectivity index (χ0v) is 11.0. The predicted octanol–water partition coefficient (Wildman–Crippen LogP) is 3.45. The standard InChI is InChI=1S/C15H22O2/c1-4-12(2)13(3)15(16)17-11-10-14-8-6-5-7-9-14/h5-9,12-13H,4,10-11H2,1-3H3. The Morgan fingerprint density at radius 3 is 2.47 bits per heavy atom. The van der Waals surface area contributed by atoms with E-state index in [0.717, 1.165) is 12.8 Å². The fraction of sp³-hybridized carbons (Fsp3) is 0.533. The zero-order valence-electron chi connectivity index (χ0n) is 11.0. The van der Waals surface area contributed by atoms with Gasteiger partial charge in [0.1, 0.15) is 0 Å². The van der Waals surface area contributed by atoms with E-state index in [1.807, 2.05) is 37.3 Å². The Morgan fingerprint density at radius 2 is 1.88 bits per heavy atom. The summed E-state index contributed by atoms with van der Waals surface area (Å²) in [6.45, 7) is 6.60. The molecule has 0 aliphatic heterocycles. The molecule has 17 heavy (non-hydrogen) atoms. The van der Waals surface area contributed by atoms with Crippen LogP contribution in [-0.2, 0) is 16.0 Å². The summed E-state index contributed by atoms with van der Waals surface area (Å²) in [7, 11) is 0. The lowest BCUT2D eigenvalue weighted by molar-refractivity contribution is -0.149. The van der Waals surface area contributed by atoms with Gasteiger partial charge in [-0.3, -0.25) is 4.79 Å². The van der Waals surface area contributed by atoms with Gasteiger partial charge in [-0.25, -0.2) is 0 Å². The van der Waals surface area contributed by atoms with Crippen molar-refractivity contribution in [3.05, 3.63) is 35.9 Å². The molecular weight excluding hydrogens is 212 g/mol. The van der Waals surface area contributed by atoms with E-state index in [9.17, 15) is 4.79 Å². The Labute approximate surface area is 104 Å². The summed E-state index contributed by atoms with van der Waals surface area (Å²) in [5, 5.41) is 0. The van der Waals surface area contributed by atoms with Gasteiger partial charge in [-0.1, -0.05) is 57.5 Å². The SMILES string of the molecule is CCC(C)C(C)C(=O)OCCc1ccccc1. The van der Waals surface area contributed by atoms with Gasteiger partial charge in [0.25, 0.3) is 0 Å². The molecule has 0 saturated carbocycles. The van der Waals surface area contributed by atoms with Crippen LogP contribution in [0.3, 0.4) is 0 Å². The summed E-state index contributed by atoms with van der Waals surface area (Å²) >= 11 is 0. The maximum absolute atomic E-state index is 11.7. The maximum atomic E-state index is 11.7. The molecule has 94 valence electrons. The number of carbonyl (C=O) groups is 1.